The number of benzene rings is 1. The first kappa shape index (κ1) is 15.9. The van der Waals surface area contributed by atoms with Gasteiger partial charge in [-0.1, -0.05) is 23.2 Å². The largest absolute Gasteiger partial charge is 0.495 e. The van der Waals surface area contributed by atoms with Crippen LogP contribution in [0.2, 0.25) is 10.0 Å². The first-order valence-electron chi connectivity index (χ1n) is 6.96. The zero-order valence-corrected chi connectivity index (χ0v) is 14.3. The zero-order chi connectivity index (χ0) is 15.7. The number of thiophene rings is 1. The number of carbonyl (C=O) groups excluding carboxylic acids is 1. The quantitative estimate of drug-likeness (QED) is 0.892. The molecular formula is C15H15Cl2NO3S. The zero-order valence-electron chi connectivity index (χ0n) is 11.9. The van der Waals surface area contributed by atoms with E-state index >= 15 is 0 Å². The molecule has 1 atom stereocenters. The highest BCUT2D eigenvalue weighted by molar-refractivity contribution is 7.22. The highest BCUT2D eigenvalue weighted by atomic mass is 35.5. The van der Waals surface area contributed by atoms with Crippen molar-refractivity contribution in [3.8, 4) is 5.75 Å². The van der Waals surface area contributed by atoms with Crippen molar-refractivity contribution in [3.63, 3.8) is 0 Å². The lowest BCUT2D eigenvalue weighted by Gasteiger charge is -2.09. The molecule has 1 N–H and O–H groups in total. The van der Waals surface area contributed by atoms with Crippen LogP contribution in [0.1, 0.15) is 22.5 Å². The van der Waals surface area contributed by atoms with Crippen molar-refractivity contribution in [3.05, 3.63) is 27.1 Å². The van der Waals surface area contributed by atoms with Gasteiger partial charge >= 0.3 is 0 Å². The monoisotopic (exact) mass is 359 g/mol. The van der Waals surface area contributed by atoms with Gasteiger partial charge in [0.1, 0.15) is 15.6 Å². The standard InChI is InChI=1S/C15H15Cl2NO3S/c1-20-10-5-4-9-11(16)14(22-13(9)12(10)17)15(19)18-7-8-3-2-6-21-8/h4-5,8H,2-3,6-7H2,1H3,(H,18,19)/t8-/m1/s1. The Hall–Kier alpha value is -1.01. The molecule has 0 unspecified atom stereocenters. The van der Waals surface area contributed by atoms with Gasteiger partial charge in [-0.05, 0) is 25.0 Å². The number of halogens is 2. The maximum absolute atomic E-state index is 12.3. The van der Waals surface area contributed by atoms with Crippen LogP contribution in [-0.2, 0) is 4.74 Å². The van der Waals surface area contributed by atoms with E-state index in [1.165, 1.54) is 11.3 Å². The smallest absolute Gasteiger partial charge is 0.263 e. The van der Waals surface area contributed by atoms with Gasteiger partial charge in [-0.15, -0.1) is 11.3 Å². The van der Waals surface area contributed by atoms with Gasteiger partial charge in [-0.3, -0.25) is 4.79 Å². The molecule has 1 aliphatic heterocycles. The van der Waals surface area contributed by atoms with Crippen LogP contribution in [0.5, 0.6) is 5.75 Å². The number of carbonyl (C=O) groups is 1. The lowest BCUT2D eigenvalue weighted by Crippen LogP contribution is -2.31. The van der Waals surface area contributed by atoms with Gasteiger partial charge in [0.2, 0.25) is 0 Å². The van der Waals surface area contributed by atoms with Gasteiger partial charge in [0.05, 0.1) is 22.9 Å². The molecule has 0 spiro atoms. The van der Waals surface area contributed by atoms with Crippen molar-refractivity contribution in [2.45, 2.75) is 18.9 Å². The second kappa shape index (κ2) is 6.62. The van der Waals surface area contributed by atoms with E-state index in [0.717, 1.165) is 29.5 Å². The first-order valence-corrected chi connectivity index (χ1v) is 8.53. The highest BCUT2D eigenvalue weighted by Gasteiger charge is 2.22. The van der Waals surface area contributed by atoms with Gasteiger partial charge in [-0.25, -0.2) is 0 Å². The molecular weight excluding hydrogens is 345 g/mol. The Balaban J connectivity index is 1.85. The normalized spacial score (nSPS) is 17.9. The molecule has 1 saturated heterocycles. The second-order valence-corrected chi connectivity index (χ2v) is 6.83. The van der Waals surface area contributed by atoms with Crippen molar-refractivity contribution in [1.29, 1.82) is 0 Å². The molecule has 4 nitrogen and oxygen atoms in total. The molecule has 1 aromatic carbocycles. The third kappa shape index (κ3) is 2.91. The van der Waals surface area contributed by atoms with Crippen molar-refractivity contribution >= 4 is 50.5 Å². The molecule has 2 heterocycles. The van der Waals surface area contributed by atoms with Gasteiger partial charge in [-0.2, -0.15) is 0 Å². The molecule has 3 rings (SSSR count). The van der Waals surface area contributed by atoms with Gasteiger partial charge in [0, 0.05) is 18.5 Å². The lowest BCUT2D eigenvalue weighted by molar-refractivity contribution is 0.0861. The lowest BCUT2D eigenvalue weighted by atomic mass is 10.2. The van der Waals surface area contributed by atoms with Crippen LogP contribution >= 0.6 is 34.5 Å². The number of hydrogen-bond acceptors (Lipinski definition) is 4. The summed E-state index contributed by atoms with van der Waals surface area (Å²) in [5, 5.41) is 4.54. The number of fused-ring (bicyclic) bond motifs is 1. The van der Waals surface area contributed by atoms with E-state index in [-0.39, 0.29) is 12.0 Å². The van der Waals surface area contributed by atoms with Crippen molar-refractivity contribution in [2.24, 2.45) is 0 Å². The number of nitrogens with one attached hydrogen (secondary N) is 1. The molecule has 0 aliphatic carbocycles. The molecule has 1 amide bonds. The van der Waals surface area contributed by atoms with Crippen LogP contribution in [0.25, 0.3) is 10.1 Å². The van der Waals surface area contributed by atoms with Crippen molar-refractivity contribution in [2.75, 3.05) is 20.3 Å². The van der Waals surface area contributed by atoms with E-state index in [2.05, 4.69) is 5.32 Å². The van der Waals surface area contributed by atoms with Crippen LogP contribution in [0.15, 0.2) is 12.1 Å². The average Bonchev–Trinajstić information content (AvgIpc) is 3.14. The Bertz CT molecular complexity index is 710. The summed E-state index contributed by atoms with van der Waals surface area (Å²) < 4.78 is 11.4. The summed E-state index contributed by atoms with van der Waals surface area (Å²) in [6.45, 7) is 1.26. The van der Waals surface area contributed by atoms with Crippen LogP contribution < -0.4 is 10.1 Å². The molecule has 0 saturated carbocycles. The molecule has 22 heavy (non-hydrogen) atoms. The fourth-order valence-electron chi connectivity index (χ4n) is 2.48. The van der Waals surface area contributed by atoms with Crippen LogP contribution in [0, 0.1) is 0 Å². The molecule has 1 fully saturated rings. The number of ether oxygens (including phenoxy) is 2. The third-order valence-corrected chi connectivity index (χ3v) is 5.86. The topological polar surface area (TPSA) is 47.6 Å². The summed E-state index contributed by atoms with van der Waals surface area (Å²) >= 11 is 13.9. The molecule has 0 bridgehead atoms. The summed E-state index contributed by atoms with van der Waals surface area (Å²) in [5.74, 6) is 0.370. The molecule has 2 aromatic rings. The Morgan fingerprint density at radius 1 is 1.45 bits per heavy atom. The summed E-state index contributed by atoms with van der Waals surface area (Å²) in [4.78, 5) is 12.8. The molecule has 7 heteroatoms. The minimum atomic E-state index is -0.197. The van der Waals surface area contributed by atoms with E-state index < -0.39 is 0 Å². The minimum Gasteiger partial charge on any atom is -0.495 e. The van der Waals surface area contributed by atoms with Gasteiger partial charge < -0.3 is 14.8 Å². The summed E-state index contributed by atoms with van der Waals surface area (Å²) in [7, 11) is 1.55. The second-order valence-electron chi connectivity index (χ2n) is 5.05. The predicted octanol–water partition coefficient (Wildman–Crippen LogP) is 4.13. The van der Waals surface area contributed by atoms with Gasteiger partial charge in [0.25, 0.3) is 5.91 Å². The number of hydrogen-bond donors (Lipinski definition) is 1. The van der Waals surface area contributed by atoms with E-state index in [0.29, 0.717) is 27.2 Å². The van der Waals surface area contributed by atoms with Crippen LogP contribution in [0.4, 0.5) is 0 Å². The summed E-state index contributed by atoms with van der Waals surface area (Å²) in [5.41, 5.74) is 0. The number of rotatable bonds is 4. The van der Waals surface area contributed by atoms with Crippen LogP contribution in [-0.4, -0.2) is 32.3 Å². The maximum atomic E-state index is 12.3. The van der Waals surface area contributed by atoms with E-state index in [4.69, 9.17) is 32.7 Å². The summed E-state index contributed by atoms with van der Waals surface area (Å²) in [6, 6.07) is 3.56. The molecule has 1 aromatic heterocycles. The Morgan fingerprint density at radius 2 is 2.27 bits per heavy atom. The number of methoxy groups -OCH3 is 1. The minimum absolute atomic E-state index is 0.0979. The maximum Gasteiger partial charge on any atom is 0.263 e. The molecule has 118 valence electrons. The van der Waals surface area contributed by atoms with Crippen molar-refractivity contribution < 1.29 is 14.3 Å². The Labute approximate surface area is 142 Å². The number of amides is 1. The first-order chi connectivity index (χ1) is 10.6. The molecule has 0 radical (unpaired) electrons. The predicted molar refractivity (Wildman–Crippen MR) is 89.7 cm³/mol. The Kier molecular flexibility index (Phi) is 4.78. The average molecular weight is 360 g/mol. The van der Waals surface area contributed by atoms with E-state index in [1.807, 2.05) is 6.07 Å². The fourth-order valence-corrected chi connectivity index (χ4v) is 4.29. The van der Waals surface area contributed by atoms with Crippen molar-refractivity contribution in [1.82, 2.24) is 5.32 Å². The van der Waals surface area contributed by atoms with Crippen LogP contribution in [0.3, 0.4) is 0 Å². The fraction of sp³-hybridized carbons (Fsp3) is 0.400. The van der Waals surface area contributed by atoms with E-state index in [1.54, 1.807) is 13.2 Å². The highest BCUT2D eigenvalue weighted by Crippen LogP contribution is 2.42. The molecule has 1 aliphatic rings. The Morgan fingerprint density at radius 3 is 2.95 bits per heavy atom. The van der Waals surface area contributed by atoms with E-state index in [9.17, 15) is 4.79 Å². The van der Waals surface area contributed by atoms with Gasteiger partial charge in [0.15, 0.2) is 0 Å². The third-order valence-electron chi connectivity index (χ3n) is 3.64. The SMILES string of the molecule is COc1ccc2c(Cl)c(C(=O)NC[C@H]3CCCO3)sc2c1Cl. The summed E-state index contributed by atoms with van der Waals surface area (Å²) in [6.07, 6.45) is 2.11.